The van der Waals surface area contributed by atoms with Gasteiger partial charge in [0.2, 0.25) is 0 Å². The first-order valence-corrected chi connectivity index (χ1v) is 6.82. The summed E-state index contributed by atoms with van der Waals surface area (Å²) in [5, 5.41) is 9.10. The number of hydrogen-bond donors (Lipinski definition) is 0. The Kier molecular flexibility index (Phi) is 6.05. The van der Waals surface area contributed by atoms with Gasteiger partial charge in [0.05, 0.1) is 23.8 Å². The third kappa shape index (κ3) is 4.93. The smallest absolute Gasteiger partial charge is 0.338 e. The van der Waals surface area contributed by atoms with Crippen LogP contribution in [0.1, 0.15) is 50.0 Å². The first-order valence-electron chi connectivity index (χ1n) is 6.82. The van der Waals surface area contributed by atoms with Crippen LogP contribution in [0.15, 0.2) is 18.2 Å². The lowest BCUT2D eigenvalue weighted by atomic mass is 10.1. The van der Waals surface area contributed by atoms with Crippen molar-refractivity contribution < 1.29 is 14.3 Å². The second kappa shape index (κ2) is 7.54. The van der Waals surface area contributed by atoms with E-state index in [1.54, 1.807) is 12.1 Å². The molecule has 1 aromatic rings. The van der Waals surface area contributed by atoms with Gasteiger partial charge >= 0.3 is 5.97 Å². The van der Waals surface area contributed by atoms with Gasteiger partial charge in [-0.25, -0.2) is 4.79 Å². The molecule has 4 nitrogen and oxygen atoms in total. The molecule has 1 rings (SSSR count). The van der Waals surface area contributed by atoms with Crippen molar-refractivity contribution in [3.63, 3.8) is 0 Å². The highest BCUT2D eigenvalue weighted by molar-refractivity contribution is 5.90. The van der Waals surface area contributed by atoms with Gasteiger partial charge in [0.25, 0.3) is 0 Å². The minimum atomic E-state index is -0.404. The van der Waals surface area contributed by atoms with Crippen molar-refractivity contribution in [1.29, 1.82) is 5.26 Å². The Morgan fingerprint density at radius 1 is 1.30 bits per heavy atom. The van der Waals surface area contributed by atoms with Gasteiger partial charge in [0.15, 0.2) is 0 Å². The summed E-state index contributed by atoms with van der Waals surface area (Å²) < 4.78 is 10.7. The van der Waals surface area contributed by atoms with Gasteiger partial charge in [0, 0.05) is 0 Å². The molecule has 0 aliphatic carbocycles. The minimum Gasteiger partial charge on any atom is -0.490 e. The highest BCUT2D eigenvalue weighted by Crippen LogP contribution is 2.21. The Morgan fingerprint density at radius 3 is 2.55 bits per heavy atom. The number of esters is 1. The molecule has 0 heterocycles. The quantitative estimate of drug-likeness (QED) is 0.745. The monoisotopic (exact) mass is 275 g/mol. The molecule has 1 aromatic carbocycles. The van der Waals surface area contributed by atoms with E-state index in [1.165, 1.54) is 6.07 Å². The summed E-state index contributed by atoms with van der Waals surface area (Å²) in [5.41, 5.74) is 0.721. The summed E-state index contributed by atoms with van der Waals surface area (Å²) in [6.45, 7) is 8.30. The first kappa shape index (κ1) is 16.0. The SMILES string of the molecule is CC(C)CCOC(=O)c1ccc(OC(C)C)c(C#N)c1. The largest absolute Gasteiger partial charge is 0.490 e. The fraction of sp³-hybridized carbons (Fsp3) is 0.500. The molecule has 0 aromatic heterocycles. The summed E-state index contributed by atoms with van der Waals surface area (Å²) in [5.74, 6) is 0.568. The van der Waals surface area contributed by atoms with E-state index in [4.69, 9.17) is 14.7 Å². The van der Waals surface area contributed by atoms with Gasteiger partial charge in [-0.3, -0.25) is 0 Å². The van der Waals surface area contributed by atoms with Crippen LogP contribution in [0, 0.1) is 17.2 Å². The van der Waals surface area contributed by atoms with Crippen molar-refractivity contribution in [3.8, 4) is 11.8 Å². The van der Waals surface area contributed by atoms with Crippen molar-refractivity contribution in [2.45, 2.75) is 40.2 Å². The van der Waals surface area contributed by atoms with Crippen LogP contribution in [0.5, 0.6) is 5.75 Å². The summed E-state index contributed by atoms with van der Waals surface area (Å²) in [4.78, 5) is 11.9. The van der Waals surface area contributed by atoms with Gasteiger partial charge in [0.1, 0.15) is 11.8 Å². The molecule has 0 saturated heterocycles. The number of hydrogen-bond acceptors (Lipinski definition) is 4. The first-order chi connectivity index (χ1) is 9.43. The zero-order valence-electron chi connectivity index (χ0n) is 12.5. The van der Waals surface area contributed by atoms with Crippen molar-refractivity contribution in [3.05, 3.63) is 29.3 Å². The predicted octanol–water partition coefficient (Wildman–Crippen LogP) is 3.55. The number of nitrogens with zero attached hydrogens (tertiary/aromatic N) is 1. The zero-order valence-corrected chi connectivity index (χ0v) is 12.5. The number of rotatable bonds is 6. The summed E-state index contributed by atoms with van der Waals surface area (Å²) >= 11 is 0. The molecule has 0 N–H and O–H groups in total. The standard InChI is InChI=1S/C16H21NO3/c1-11(2)7-8-19-16(18)13-5-6-15(20-12(3)4)14(9-13)10-17/h5-6,9,11-12H,7-8H2,1-4H3. The Bertz CT molecular complexity index is 501. The van der Waals surface area contributed by atoms with Crippen LogP contribution in [0.25, 0.3) is 0 Å². The normalized spacial score (nSPS) is 10.4. The second-order valence-electron chi connectivity index (χ2n) is 5.31. The maximum Gasteiger partial charge on any atom is 0.338 e. The molecule has 0 saturated carbocycles. The van der Waals surface area contributed by atoms with Crippen LogP contribution in [0.3, 0.4) is 0 Å². The van der Waals surface area contributed by atoms with Gasteiger partial charge in [-0.05, 0) is 44.4 Å². The topological polar surface area (TPSA) is 59.3 Å². The molecule has 0 aliphatic rings. The fourth-order valence-electron chi connectivity index (χ4n) is 1.57. The molecule has 4 heteroatoms. The molecule has 20 heavy (non-hydrogen) atoms. The van der Waals surface area contributed by atoms with Crippen LogP contribution in [0.4, 0.5) is 0 Å². The van der Waals surface area contributed by atoms with Crippen LogP contribution in [-0.2, 0) is 4.74 Å². The Balaban J connectivity index is 2.77. The molecule has 0 fully saturated rings. The predicted molar refractivity (Wildman–Crippen MR) is 76.7 cm³/mol. The average Bonchev–Trinajstić information content (AvgIpc) is 2.37. The fourth-order valence-corrected chi connectivity index (χ4v) is 1.57. The lowest BCUT2D eigenvalue weighted by Gasteiger charge is -2.12. The zero-order chi connectivity index (χ0) is 15.1. The average molecular weight is 275 g/mol. The molecular formula is C16H21NO3. The minimum absolute atomic E-state index is 0.0223. The lowest BCUT2D eigenvalue weighted by Crippen LogP contribution is -2.10. The lowest BCUT2D eigenvalue weighted by molar-refractivity contribution is 0.0488. The van der Waals surface area contributed by atoms with E-state index >= 15 is 0 Å². The summed E-state index contributed by atoms with van der Waals surface area (Å²) in [7, 11) is 0. The molecule has 0 radical (unpaired) electrons. The van der Waals surface area contributed by atoms with Gasteiger partial charge in [-0.15, -0.1) is 0 Å². The number of carbonyl (C=O) groups is 1. The third-order valence-electron chi connectivity index (χ3n) is 2.63. The third-order valence-corrected chi connectivity index (χ3v) is 2.63. The van der Waals surface area contributed by atoms with E-state index in [0.29, 0.717) is 29.4 Å². The molecule has 0 aliphatic heterocycles. The van der Waals surface area contributed by atoms with Gasteiger partial charge in [-0.2, -0.15) is 5.26 Å². The van der Waals surface area contributed by atoms with E-state index in [9.17, 15) is 4.79 Å². The molecule has 0 bridgehead atoms. The van der Waals surface area contributed by atoms with E-state index in [2.05, 4.69) is 13.8 Å². The molecule has 0 atom stereocenters. The van der Waals surface area contributed by atoms with E-state index < -0.39 is 5.97 Å². The van der Waals surface area contributed by atoms with Crippen LogP contribution in [-0.4, -0.2) is 18.7 Å². The summed E-state index contributed by atoms with van der Waals surface area (Å²) in [6, 6.07) is 6.80. The van der Waals surface area contributed by atoms with Crippen LogP contribution in [0.2, 0.25) is 0 Å². The molecule has 108 valence electrons. The van der Waals surface area contributed by atoms with E-state index in [1.807, 2.05) is 19.9 Å². The number of nitriles is 1. The highest BCUT2D eigenvalue weighted by atomic mass is 16.5. The maximum atomic E-state index is 11.9. The van der Waals surface area contributed by atoms with Crippen molar-refractivity contribution in [2.24, 2.45) is 5.92 Å². The van der Waals surface area contributed by atoms with Crippen LogP contribution >= 0.6 is 0 Å². The highest BCUT2D eigenvalue weighted by Gasteiger charge is 2.12. The van der Waals surface area contributed by atoms with Gasteiger partial charge < -0.3 is 9.47 Å². The molecule has 0 amide bonds. The number of carbonyl (C=O) groups excluding carboxylic acids is 1. The molecule has 0 spiro atoms. The molecular weight excluding hydrogens is 254 g/mol. The number of ether oxygens (including phenoxy) is 2. The van der Waals surface area contributed by atoms with Gasteiger partial charge in [-0.1, -0.05) is 13.8 Å². The Morgan fingerprint density at radius 2 is 2.00 bits per heavy atom. The molecule has 0 unspecified atom stereocenters. The maximum absolute atomic E-state index is 11.9. The van der Waals surface area contributed by atoms with Crippen molar-refractivity contribution in [2.75, 3.05) is 6.61 Å². The summed E-state index contributed by atoms with van der Waals surface area (Å²) in [6.07, 6.45) is 0.803. The van der Waals surface area contributed by atoms with Crippen molar-refractivity contribution in [1.82, 2.24) is 0 Å². The van der Waals surface area contributed by atoms with Crippen molar-refractivity contribution >= 4 is 5.97 Å². The van der Waals surface area contributed by atoms with E-state index in [0.717, 1.165) is 6.42 Å². The van der Waals surface area contributed by atoms with E-state index in [-0.39, 0.29) is 6.10 Å². The Hall–Kier alpha value is -2.02. The van der Waals surface area contributed by atoms with Crippen LogP contribution < -0.4 is 4.74 Å². The number of benzene rings is 1. The second-order valence-corrected chi connectivity index (χ2v) is 5.31. The Labute approximate surface area is 120 Å².